The Balaban J connectivity index is 1.55. The van der Waals surface area contributed by atoms with Crippen LogP contribution >= 0.6 is 0 Å². The van der Waals surface area contributed by atoms with Gasteiger partial charge in [-0.05, 0) is 44.0 Å². The minimum absolute atomic E-state index is 0.0172. The second-order valence-electron chi connectivity index (χ2n) is 6.21. The molecule has 2 fully saturated rings. The van der Waals surface area contributed by atoms with Gasteiger partial charge in [0.2, 0.25) is 11.8 Å². The molecule has 2 atom stereocenters. The van der Waals surface area contributed by atoms with Gasteiger partial charge in [-0.15, -0.1) is 0 Å². The van der Waals surface area contributed by atoms with E-state index in [0.717, 1.165) is 30.9 Å². The van der Waals surface area contributed by atoms with E-state index in [4.69, 9.17) is 9.47 Å². The van der Waals surface area contributed by atoms with Crippen LogP contribution in [0, 0.1) is 5.92 Å². The molecule has 0 radical (unpaired) electrons. The third kappa shape index (κ3) is 3.87. The van der Waals surface area contributed by atoms with Crippen LogP contribution in [0.15, 0.2) is 24.3 Å². The summed E-state index contributed by atoms with van der Waals surface area (Å²) in [5, 5.41) is 2.92. The van der Waals surface area contributed by atoms with Gasteiger partial charge in [0, 0.05) is 31.8 Å². The molecule has 2 heterocycles. The molecule has 2 aliphatic heterocycles. The van der Waals surface area contributed by atoms with E-state index < -0.39 is 0 Å². The predicted octanol–water partition coefficient (Wildman–Crippen LogP) is 1.73. The summed E-state index contributed by atoms with van der Waals surface area (Å²) in [4.78, 5) is 26.2. The predicted molar refractivity (Wildman–Crippen MR) is 90.1 cm³/mol. The van der Waals surface area contributed by atoms with Gasteiger partial charge in [-0.3, -0.25) is 9.59 Å². The molecule has 2 amide bonds. The SMILES string of the molecule is CCOc1ccc(N2C[C@H](C(=O)NC[C@@H]3CCCO3)CC2=O)cc1. The van der Waals surface area contributed by atoms with Gasteiger partial charge in [0.05, 0.1) is 18.6 Å². The molecule has 1 N–H and O–H groups in total. The summed E-state index contributed by atoms with van der Waals surface area (Å²) in [7, 11) is 0. The Hall–Kier alpha value is -2.08. The zero-order chi connectivity index (χ0) is 16.9. The molecule has 2 aliphatic rings. The van der Waals surface area contributed by atoms with Crippen LogP contribution in [0.4, 0.5) is 5.69 Å². The summed E-state index contributed by atoms with van der Waals surface area (Å²) in [5.74, 6) is 0.396. The van der Waals surface area contributed by atoms with Crippen LogP contribution in [0.3, 0.4) is 0 Å². The van der Waals surface area contributed by atoms with Crippen molar-refractivity contribution in [1.29, 1.82) is 0 Å². The molecule has 3 rings (SSSR count). The van der Waals surface area contributed by atoms with Crippen LogP contribution < -0.4 is 15.0 Å². The molecule has 2 saturated heterocycles. The summed E-state index contributed by atoms with van der Waals surface area (Å²) in [6.07, 6.45) is 2.41. The number of rotatable bonds is 6. The van der Waals surface area contributed by atoms with Crippen molar-refractivity contribution in [2.45, 2.75) is 32.3 Å². The molecule has 24 heavy (non-hydrogen) atoms. The minimum Gasteiger partial charge on any atom is -0.494 e. The largest absolute Gasteiger partial charge is 0.494 e. The second-order valence-corrected chi connectivity index (χ2v) is 6.21. The van der Waals surface area contributed by atoms with Gasteiger partial charge in [0.1, 0.15) is 5.75 Å². The van der Waals surface area contributed by atoms with E-state index in [1.165, 1.54) is 0 Å². The fourth-order valence-corrected chi connectivity index (χ4v) is 3.19. The summed E-state index contributed by atoms with van der Waals surface area (Å²) in [6.45, 7) is 4.26. The zero-order valence-corrected chi connectivity index (χ0v) is 14.0. The molecule has 0 aliphatic carbocycles. The van der Waals surface area contributed by atoms with Crippen molar-refractivity contribution in [3.63, 3.8) is 0 Å². The van der Waals surface area contributed by atoms with Crippen molar-refractivity contribution in [3.8, 4) is 5.75 Å². The first-order valence-corrected chi connectivity index (χ1v) is 8.60. The lowest BCUT2D eigenvalue weighted by atomic mass is 10.1. The highest BCUT2D eigenvalue weighted by atomic mass is 16.5. The Morgan fingerprint density at radius 1 is 1.38 bits per heavy atom. The summed E-state index contributed by atoms with van der Waals surface area (Å²) in [6, 6.07) is 7.40. The van der Waals surface area contributed by atoms with E-state index in [2.05, 4.69) is 5.32 Å². The van der Waals surface area contributed by atoms with Crippen molar-refractivity contribution in [1.82, 2.24) is 5.32 Å². The van der Waals surface area contributed by atoms with Gasteiger partial charge in [-0.25, -0.2) is 0 Å². The summed E-state index contributed by atoms with van der Waals surface area (Å²) >= 11 is 0. The molecule has 0 saturated carbocycles. The monoisotopic (exact) mass is 332 g/mol. The van der Waals surface area contributed by atoms with E-state index in [1.54, 1.807) is 4.90 Å². The van der Waals surface area contributed by atoms with Crippen LogP contribution in [0.1, 0.15) is 26.2 Å². The number of hydrogen-bond acceptors (Lipinski definition) is 4. The average molecular weight is 332 g/mol. The number of amides is 2. The van der Waals surface area contributed by atoms with Crippen LogP contribution in [0.2, 0.25) is 0 Å². The molecular weight excluding hydrogens is 308 g/mol. The number of carbonyl (C=O) groups is 2. The third-order valence-electron chi connectivity index (χ3n) is 4.48. The van der Waals surface area contributed by atoms with Crippen LogP contribution in [0.25, 0.3) is 0 Å². The lowest BCUT2D eigenvalue weighted by Crippen LogP contribution is -2.37. The first-order chi connectivity index (χ1) is 11.7. The number of carbonyl (C=O) groups excluding carboxylic acids is 2. The Bertz CT molecular complexity index is 581. The Morgan fingerprint density at radius 3 is 2.83 bits per heavy atom. The number of nitrogens with zero attached hydrogens (tertiary/aromatic N) is 1. The van der Waals surface area contributed by atoms with Gasteiger partial charge >= 0.3 is 0 Å². The molecule has 6 nitrogen and oxygen atoms in total. The number of nitrogens with one attached hydrogen (secondary N) is 1. The Kier molecular flexibility index (Phi) is 5.35. The Morgan fingerprint density at radius 2 is 2.17 bits per heavy atom. The molecular formula is C18H24N2O4. The first kappa shape index (κ1) is 16.8. The smallest absolute Gasteiger partial charge is 0.227 e. The zero-order valence-electron chi connectivity index (χ0n) is 14.0. The van der Waals surface area contributed by atoms with Gasteiger partial charge in [-0.2, -0.15) is 0 Å². The first-order valence-electron chi connectivity index (χ1n) is 8.60. The average Bonchev–Trinajstić information content (AvgIpc) is 3.23. The van der Waals surface area contributed by atoms with Crippen LogP contribution in [0.5, 0.6) is 5.75 Å². The maximum absolute atomic E-state index is 12.3. The van der Waals surface area contributed by atoms with Crippen molar-refractivity contribution in [3.05, 3.63) is 24.3 Å². The quantitative estimate of drug-likeness (QED) is 0.861. The van der Waals surface area contributed by atoms with Crippen molar-refractivity contribution >= 4 is 17.5 Å². The van der Waals surface area contributed by atoms with Gasteiger partial charge < -0.3 is 19.7 Å². The fraction of sp³-hybridized carbons (Fsp3) is 0.556. The highest BCUT2D eigenvalue weighted by molar-refractivity contribution is 6.00. The third-order valence-corrected chi connectivity index (χ3v) is 4.48. The molecule has 0 aromatic heterocycles. The molecule has 0 spiro atoms. The molecule has 1 aromatic rings. The molecule has 6 heteroatoms. The van der Waals surface area contributed by atoms with Crippen molar-refractivity contribution in [2.75, 3.05) is 31.2 Å². The van der Waals surface area contributed by atoms with Crippen LogP contribution in [-0.2, 0) is 14.3 Å². The summed E-state index contributed by atoms with van der Waals surface area (Å²) in [5.41, 5.74) is 0.804. The molecule has 1 aromatic carbocycles. The lowest BCUT2D eigenvalue weighted by molar-refractivity contribution is -0.126. The van der Waals surface area contributed by atoms with Gasteiger partial charge in [0.25, 0.3) is 0 Å². The second kappa shape index (κ2) is 7.66. The number of anilines is 1. The maximum atomic E-state index is 12.3. The van der Waals surface area contributed by atoms with E-state index in [1.807, 2.05) is 31.2 Å². The van der Waals surface area contributed by atoms with Crippen molar-refractivity contribution < 1.29 is 19.1 Å². The lowest BCUT2D eigenvalue weighted by Gasteiger charge is -2.17. The molecule has 0 bridgehead atoms. The standard InChI is InChI=1S/C18H24N2O4/c1-2-23-15-7-5-14(6-8-15)20-12-13(10-17(20)21)18(22)19-11-16-4-3-9-24-16/h5-8,13,16H,2-4,9-12H2,1H3,(H,19,22)/t13-,16+/m1/s1. The fourth-order valence-electron chi connectivity index (χ4n) is 3.19. The van der Waals surface area contributed by atoms with Gasteiger partial charge in [0.15, 0.2) is 0 Å². The summed E-state index contributed by atoms with van der Waals surface area (Å²) < 4.78 is 10.9. The highest BCUT2D eigenvalue weighted by Crippen LogP contribution is 2.27. The molecule has 0 unspecified atom stereocenters. The number of hydrogen-bond donors (Lipinski definition) is 1. The van der Waals surface area contributed by atoms with E-state index in [9.17, 15) is 9.59 Å². The van der Waals surface area contributed by atoms with E-state index in [0.29, 0.717) is 19.7 Å². The van der Waals surface area contributed by atoms with Crippen LogP contribution in [-0.4, -0.2) is 44.2 Å². The maximum Gasteiger partial charge on any atom is 0.227 e. The van der Waals surface area contributed by atoms with E-state index >= 15 is 0 Å². The normalized spacial score (nSPS) is 23.5. The van der Waals surface area contributed by atoms with Crippen molar-refractivity contribution in [2.24, 2.45) is 5.92 Å². The number of ether oxygens (including phenoxy) is 2. The highest BCUT2D eigenvalue weighted by Gasteiger charge is 2.35. The van der Waals surface area contributed by atoms with Gasteiger partial charge in [-0.1, -0.05) is 0 Å². The topological polar surface area (TPSA) is 67.9 Å². The number of benzene rings is 1. The molecule has 130 valence electrons. The minimum atomic E-state index is -0.300. The van der Waals surface area contributed by atoms with E-state index in [-0.39, 0.29) is 30.3 Å². The Labute approximate surface area is 142 Å².